The van der Waals surface area contributed by atoms with Crippen molar-refractivity contribution in [3.8, 4) is 5.75 Å². The Balaban J connectivity index is 1.77. The summed E-state index contributed by atoms with van der Waals surface area (Å²) in [6.45, 7) is 5.96. The van der Waals surface area contributed by atoms with Crippen molar-refractivity contribution >= 4 is 16.5 Å². The number of hydrogen-bond acceptors (Lipinski definition) is 5. The quantitative estimate of drug-likeness (QED) is 0.840. The summed E-state index contributed by atoms with van der Waals surface area (Å²) < 4.78 is 9.49. The molecule has 102 valence electrons. The Kier molecular flexibility index (Phi) is 5.15. The molecule has 0 saturated heterocycles. The van der Waals surface area contributed by atoms with Crippen molar-refractivity contribution in [3.05, 3.63) is 36.0 Å². The van der Waals surface area contributed by atoms with Crippen molar-refractivity contribution in [2.45, 2.75) is 26.8 Å². The van der Waals surface area contributed by atoms with Gasteiger partial charge < -0.3 is 10.1 Å². The Morgan fingerprint density at radius 1 is 1.26 bits per heavy atom. The first kappa shape index (κ1) is 13.8. The number of anilines is 1. The molecule has 0 saturated carbocycles. The fraction of sp³-hybridized carbons (Fsp3) is 0.429. The van der Waals surface area contributed by atoms with Gasteiger partial charge in [-0.3, -0.25) is 0 Å². The Bertz CT molecular complexity index is 468. The summed E-state index contributed by atoms with van der Waals surface area (Å²) in [6, 6.07) is 8.18. The van der Waals surface area contributed by atoms with Crippen LogP contribution in [0.1, 0.15) is 25.8 Å². The van der Waals surface area contributed by atoms with Crippen LogP contribution in [0.25, 0.3) is 0 Å². The lowest BCUT2D eigenvalue weighted by Crippen LogP contribution is -2.02. The van der Waals surface area contributed by atoms with E-state index in [1.54, 1.807) is 6.20 Å². The SMILES string of the molecule is CC(C)CCOc1ccc(CNc2cnns2)cc1. The maximum Gasteiger partial charge on any atom is 0.130 e. The first-order chi connectivity index (χ1) is 9.24. The fourth-order valence-electron chi connectivity index (χ4n) is 1.55. The highest BCUT2D eigenvalue weighted by molar-refractivity contribution is 7.09. The second-order valence-corrected chi connectivity index (χ2v) is 5.60. The minimum Gasteiger partial charge on any atom is -0.494 e. The van der Waals surface area contributed by atoms with E-state index in [0.717, 1.165) is 30.3 Å². The first-order valence-electron chi connectivity index (χ1n) is 6.47. The molecule has 19 heavy (non-hydrogen) atoms. The monoisotopic (exact) mass is 277 g/mol. The molecule has 0 amide bonds. The molecule has 0 bridgehead atoms. The van der Waals surface area contributed by atoms with Gasteiger partial charge in [0.1, 0.15) is 10.8 Å². The number of benzene rings is 1. The zero-order valence-corrected chi connectivity index (χ0v) is 12.1. The molecule has 0 aliphatic heterocycles. The van der Waals surface area contributed by atoms with E-state index < -0.39 is 0 Å². The van der Waals surface area contributed by atoms with Crippen LogP contribution in [0.4, 0.5) is 5.00 Å². The summed E-state index contributed by atoms with van der Waals surface area (Å²) in [5.74, 6) is 1.61. The van der Waals surface area contributed by atoms with Crippen LogP contribution in [-0.2, 0) is 6.54 Å². The Hall–Kier alpha value is -1.62. The highest BCUT2D eigenvalue weighted by Crippen LogP contribution is 2.15. The first-order valence-corrected chi connectivity index (χ1v) is 7.24. The number of nitrogens with one attached hydrogen (secondary N) is 1. The minimum absolute atomic E-state index is 0.677. The molecule has 2 aromatic rings. The summed E-state index contributed by atoms with van der Waals surface area (Å²) in [4.78, 5) is 0. The molecule has 4 nitrogen and oxygen atoms in total. The molecule has 0 radical (unpaired) electrons. The lowest BCUT2D eigenvalue weighted by atomic mass is 10.1. The average Bonchev–Trinajstić information content (AvgIpc) is 2.90. The van der Waals surface area contributed by atoms with Crippen LogP contribution in [0.3, 0.4) is 0 Å². The number of nitrogens with zero attached hydrogens (tertiary/aromatic N) is 2. The van der Waals surface area contributed by atoms with E-state index in [1.165, 1.54) is 17.1 Å². The second kappa shape index (κ2) is 7.09. The molecule has 0 unspecified atom stereocenters. The molecule has 5 heteroatoms. The van der Waals surface area contributed by atoms with Crippen LogP contribution in [0, 0.1) is 5.92 Å². The van der Waals surface area contributed by atoms with Gasteiger partial charge in [-0.1, -0.05) is 30.5 Å². The zero-order chi connectivity index (χ0) is 13.5. The van der Waals surface area contributed by atoms with E-state index >= 15 is 0 Å². The summed E-state index contributed by atoms with van der Waals surface area (Å²) in [5.41, 5.74) is 1.21. The highest BCUT2D eigenvalue weighted by Gasteiger charge is 1.99. The smallest absolute Gasteiger partial charge is 0.130 e. The van der Waals surface area contributed by atoms with Crippen LogP contribution in [0.15, 0.2) is 30.5 Å². The van der Waals surface area contributed by atoms with E-state index in [9.17, 15) is 0 Å². The molecule has 1 aromatic heterocycles. The van der Waals surface area contributed by atoms with Gasteiger partial charge in [0.2, 0.25) is 0 Å². The third-order valence-corrected chi connectivity index (χ3v) is 3.34. The molecule has 0 fully saturated rings. The molecule has 1 N–H and O–H groups in total. The lowest BCUT2D eigenvalue weighted by Gasteiger charge is -2.09. The molecule has 0 atom stereocenters. The van der Waals surface area contributed by atoms with Crippen LogP contribution < -0.4 is 10.1 Å². The predicted molar refractivity (Wildman–Crippen MR) is 78.6 cm³/mol. The minimum atomic E-state index is 0.677. The van der Waals surface area contributed by atoms with Crippen molar-refractivity contribution in [2.75, 3.05) is 11.9 Å². The van der Waals surface area contributed by atoms with Crippen LogP contribution in [0.5, 0.6) is 5.75 Å². The lowest BCUT2D eigenvalue weighted by molar-refractivity contribution is 0.289. The van der Waals surface area contributed by atoms with E-state index in [4.69, 9.17) is 4.74 Å². The van der Waals surface area contributed by atoms with Crippen molar-refractivity contribution in [3.63, 3.8) is 0 Å². The van der Waals surface area contributed by atoms with Crippen molar-refractivity contribution in [1.82, 2.24) is 9.59 Å². The number of hydrogen-bond donors (Lipinski definition) is 1. The van der Waals surface area contributed by atoms with E-state index in [1.807, 2.05) is 12.1 Å². The Morgan fingerprint density at radius 3 is 2.68 bits per heavy atom. The van der Waals surface area contributed by atoms with E-state index in [-0.39, 0.29) is 0 Å². The second-order valence-electron chi connectivity index (χ2n) is 4.81. The third kappa shape index (κ3) is 4.87. The normalized spacial score (nSPS) is 10.7. The number of aromatic nitrogens is 2. The van der Waals surface area contributed by atoms with Gasteiger partial charge in [-0.25, -0.2) is 0 Å². The molecule has 0 aliphatic rings. The topological polar surface area (TPSA) is 47.0 Å². The zero-order valence-electron chi connectivity index (χ0n) is 11.3. The van der Waals surface area contributed by atoms with Crippen molar-refractivity contribution in [2.24, 2.45) is 5.92 Å². The fourth-order valence-corrected chi connectivity index (χ4v) is 1.96. The predicted octanol–water partition coefficient (Wildman–Crippen LogP) is 3.58. The van der Waals surface area contributed by atoms with Gasteiger partial charge in [-0.05, 0) is 30.0 Å². The van der Waals surface area contributed by atoms with Crippen molar-refractivity contribution in [1.29, 1.82) is 0 Å². The Morgan fingerprint density at radius 2 is 2.05 bits per heavy atom. The molecule has 0 aliphatic carbocycles. The standard InChI is InChI=1S/C14H19N3OS/c1-11(2)7-8-18-13-5-3-12(4-6-13)9-15-14-10-16-17-19-14/h3-6,10-11,15H,7-9H2,1-2H3. The molecule has 0 spiro atoms. The van der Waals surface area contributed by atoms with Gasteiger partial charge in [0.25, 0.3) is 0 Å². The van der Waals surface area contributed by atoms with Gasteiger partial charge in [-0.15, -0.1) is 5.10 Å². The Labute approximate surface area is 118 Å². The molecule has 2 rings (SSSR count). The van der Waals surface area contributed by atoms with Gasteiger partial charge in [-0.2, -0.15) is 0 Å². The molecular weight excluding hydrogens is 258 g/mol. The number of ether oxygens (including phenoxy) is 1. The number of rotatable bonds is 7. The summed E-state index contributed by atoms with van der Waals surface area (Å²) in [6.07, 6.45) is 2.82. The van der Waals surface area contributed by atoms with Crippen LogP contribution in [-0.4, -0.2) is 16.2 Å². The van der Waals surface area contributed by atoms with Crippen LogP contribution in [0.2, 0.25) is 0 Å². The largest absolute Gasteiger partial charge is 0.494 e. The molecule has 1 aromatic carbocycles. The average molecular weight is 277 g/mol. The molecule has 1 heterocycles. The molecular formula is C14H19N3OS. The van der Waals surface area contributed by atoms with E-state index in [0.29, 0.717) is 5.92 Å². The summed E-state index contributed by atoms with van der Waals surface area (Å²) in [5, 5.41) is 8.04. The van der Waals surface area contributed by atoms with Gasteiger partial charge in [0.15, 0.2) is 0 Å². The van der Waals surface area contributed by atoms with Crippen molar-refractivity contribution < 1.29 is 4.74 Å². The maximum atomic E-state index is 5.68. The van der Waals surface area contributed by atoms with Gasteiger partial charge >= 0.3 is 0 Å². The van der Waals surface area contributed by atoms with E-state index in [2.05, 4.69) is 40.9 Å². The summed E-state index contributed by atoms with van der Waals surface area (Å²) in [7, 11) is 0. The van der Waals surface area contributed by atoms with Gasteiger partial charge in [0.05, 0.1) is 12.8 Å². The van der Waals surface area contributed by atoms with Gasteiger partial charge in [0, 0.05) is 18.1 Å². The third-order valence-electron chi connectivity index (χ3n) is 2.72. The highest BCUT2D eigenvalue weighted by atomic mass is 32.1. The summed E-state index contributed by atoms with van der Waals surface area (Å²) >= 11 is 1.36. The maximum absolute atomic E-state index is 5.68. The van der Waals surface area contributed by atoms with Crippen LogP contribution >= 0.6 is 11.5 Å².